The summed E-state index contributed by atoms with van der Waals surface area (Å²) in [6, 6.07) is 0. The predicted molar refractivity (Wildman–Crippen MR) is 31.6 cm³/mol. The van der Waals surface area contributed by atoms with Crippen LogP contribution in [0.2, 0.25) is 0 Å². The molecular weight excluding hydrogens is 124 g/mol. The minimum absolute atomic E-state index is 0.0417. The van der Waals surface area contributed by atoms with Gasteiger partial charge in [0.15, 0.2) is 0 Å². The number of nitrogens with one attached hydrogen (secondary N) is 1. The molecule has 0 aromatic heterocycles. The Morgan fingerprint density at radius 1 is 1.56 bits per heavy atom. The van der Waals surface area contributed by atoms with Crippen LogP contribution in [0.4, 0.5) is 8.78 Å². The first kappa shape index (κ1) is 6.93. The Hall–Kier alpha value is -0.180. The van der Waals surface area contributed by atoms with Gasteiger partial charge in [-0.2, -0.15) is 0 Å². The molecule has 0 unspecified atom stereocenters. The lowest BCUT2D eigenvalue weighted by Crippen LogP contribution is -2.44. The second kappa shape index (κ2) is 2.21. The summed E-state index contributed by atoms with van der Waals surface area (Å²) in [5, 5.41) is 2.95. The van der Waals surface area contributed by atoms with Crippen LogP contribution in [0.3, 0.4) is 0 Å². The molecular formula is C6H11F2N. The van der Waals surface area contributed by atoms with Crippen LogP contribution in [0.25, 0.3) is 0 Å². The molecule has 1 rings (SSSR count). The minimum atomic E-state index is -2.47. The molecule has 1 aliphatic rings. The van der Waals surface area contributed by atoms with E-state index in [4.69, 9.17) is 0 Å². The summed E-state index contributed by atoms with van der Waals surface area (Å²) >= 11 is 0. The van der Waals surface area contributed by atoms with Crippen LogP contribution in [0, 0.1) is 5.92 Å². The van der Waals surface area contributed by atoms with Gasteiger partial charge in [-0.15, -0.1) is 0 Å². The average Bonchev–Trinajstić information content (AvgIpc) is 1.53. The molecule has 0 spiro atoms. The molecule has 0 aromatic rings. The molecule has 0 aliphatic carbocycles. The average molecular weight is 135 g/mol. The van der Waals surface area contributed by atoms with E-state index in [0.29, 0.717) is 0 Å². The maximum atomic E-state index is 12.2. The number of hydrogen-bond acceptors (Lipinski definition) is 1. The third-order valence-corrected chi connectivity index (χ3v) is 1.51. The van der Waals surface area contributed by atoms with Crippen molar-refractivity contribution in [1.82, 2.24) is 5.32 Å². The zero-order chi connectivity index (χ0) is 6.91. The van der Waals surface area contributed by atoms with Crippen molar-refractivity contribution in [2.75, 3.05) is 13.1 Å². The molecule has 9 heavy (non-hydrogen) atoms. The zero-order valence-corrected chi connectivity index (χ0v) is 5.45. The molecule has 1 N–H and O–H groups in total. The van der Waals surface area contributed by atoms with Crippen LogP contribution in [0.15, 0.2) is 0 Å². The molecule has 1 aliphatic heterocycles. The Bertz CT molecular complexity index is 93.7. The van der Waals surface area contributed by atoms with Gasteiger partial charge in [-0.05, 0) is 25.9 Å². The molecule has 1 heterocycles. The molecule has 3 heteroatoms. The van der Waals surface area contributed by atoms with Gasteiger partial charge in [0.1, 0.15) is 0 Å². The fraction of sp³-hybridized carbons (Fsp3) is 1.00. The molecule has 0 aromatic carbocycles. The van der Waals surface area contributed by atoms with Crippen molar-refractivity contribution < 1.29 is 8.78 Å². The summed E-state index contributed by atoms with van der Waals surface area (Å²) in [7, 11) is 0. The van der Waals surface area contributed by atoms with E-state index in [9.17, 15) is 8.78 Å². The molecule has 1 fully saturated rings. The van der Waals surface area contributed by atoms with Crippen LogP contribution in [0.1, 0.15) is 13.3 Å². The predicted octanol–water partition coefficient (Wildman–Crippen LogP) is 1.25. The Kier molecular flexibility index (Phi) is 1.70. The van der Waals surface area contributed by atoms with E-state index >= 15 is 0 Å². The van der Waals surface area contributed by atoms with Crippen LogP contribution < -0.4 is 5.32 Å². The second-order valence-electron chi connectivity index (χ2n) is 2.80. The zero-order valence-electron chi connectivity index (χ0n) is 5.45. The van der Waals surface area contributed by atoms with Crippen LogP contribution in [-0.4, -0.2) is 19.0 Å². The normalized spacial score (nSPS) is 21.7. The van der Waals surface area contributed by atoms with Crippen molar-refractivity contribution in [3.63, 3.8) is 0 Å². The number of halogens is 2. The van der Waals surface area contributed by atoms with Gasteiger partial charge in [0.05, 0.1) is 0 Å². The van der Waals surface area contributed by atoms with Gasteiger partial charge in [0.2, 0.25) is 5.92 Å². The van der Waals surface area contributed by atoms with Crippen LogP contribution in [-0.2, 0) is 0 Å². The van der Waals surface area contributed by atoms with Crippen molar-refractivity contribution in [3.8, 4) is 0 Å². The van der Waals surface area contributed by atoms with Gasteiger partial charge < -0.3 is 5.32 Å². The van der Waals surface area contributed by atoms with Gasteiger partial charge in [0.25, 0.3) is 0 Å². The van der Waals surface area contributed by atoms with Crippen molar-refractivity contribution in [3.05, 3.63) is 0 Å². The van der Waals surface area contributed by atoms with Gasteiger partial charge in [-0.25, -0.2) is 8.78 Å². The lowest BCUT2D eigenvalue weighted by molar-refractivity contribution is -0.0108. The van der Waals surface area contributed by atoms with Gasteiger partial charge in [-0.3, -0.25) is 0 Å². The van der Waals surface area contributed by atoms with Gasteiger partial charge in [-0.1, -0.05) is 0 Å². The Balaban J connectivity index is 2.16. The van der Waals surface area contributed by atoms with Gasteiger partial charge >= 0.3 is 0 Å². The van der Waals surface area contributed by atoms with E-state index in [1.165, 1.54) is 0 Å². The second-order valence-corrected chi connectivity index (χ2v) is 2.80. The van der Waals surface area contributed by atoms with E-state index in [2.05, 4.69) is 5.32 Å². The third kappa shape index (κ3) is 2.26. The number of rotatable bonds is 2. The third-order valence-electron chi connectivity index (χ3n) is 1.51. The fourth-order valence-electron chi connectivity index (χ4n) is 1.000. The fourth-order valence-corrected chi connectivity index (χ4v) is 1.000. The van der Waals surface area contributed by atoms with E-state index in [1.54, 1.807) is 0 Å². The minimum Gasteiger partial charge on any atom is -0.316 e. The summed E-state index contributed by atoms with van der Waals surface area (Å²) in [5.74, 6) is -2.25. The van der Waals surface area contributed by atoms with E-state index < -0.39 is 5.92 Å². The number of hydrogen-bond donors (Lipinski definition) is 1. The highest BCUT2D eigenvalue weighted by molar-refractivity contribution is 4.78. The molecule has 0 bridgehead atoms. The van der Waals surface area contributed by atoms with Crippen molar-refractivity contribution >= 4 is 0 Å². The lowest BCUT2D eigenvalue weighted by Gasteiger charge is -2.29. The van der Waals surface area contributed by atoms with Crippen molar-refractivity contribution in [1.29, 1.82) is 0 Å². The quantitative estimate of drug-likeness (QED) is 0.601. The molecule has 1 nitrogen and oxygen atoms in total. The monoisotopic (exact) mass is 135 g/mol. The Labute approximate surface area is 53.4 Å². The molecule has 0 atom stereocenters. The van der Waals surface area contributed by atoms with Crippen molar-refractivity contribution in [2.45, 2.75) is 19.3 Å². The van der Waals surface area contributed by atoms with Gasteiger partial charge in [0, 0.05) is 6.42 Å². The summed E-state index contributed by atoms with van der Waals surface area (Å²) in [5.41, 5.74) is 0. The van der Waals surface area contributed by atoms with E-state index in [1.807, 2.05) is 0 Å². The highest BCUT2D eigenvalue weighted by Gasteiger charge is 2.29. The Morgan fingerprint density at radius 3 is 2.22 bits per heavy atom. The summed E-state index contributed by atoms with van der Waals surface area (Å²) < 4.78 is 24.3. The first-order chi connectivity index (χ1) is 4.08. The topological polar surface area (TPSA) is 12.0 Å². The number of alkyl halides is 2. The molecule has 0 radical (unpaired) electrons. The standard InChI is InChI=1S/C6H11F2N/c1-6(7,8)2-5-3-9-4-5/h5,9H,2-4H2,1H3. The maximum Gasteiger partial charge on any atom is 0.245 e. The highest BCUT2D eigenvalue weighted by atomic mass is 19.3. The summed E-state index contributed by atoms with van der Waals surface area (Å²) in [6.45, 7) is 2.51. The lowest BCUT2D eigenvalue weighted by atomic mass is 9.96. The molecule has 1 saturated heterocycles. The van der Waals surface area contributed by atoms with E-state index in [0.717, 1.165) is 20.0 Å². The largest absolute Gasteiger partial charge is 0.316 e. The Morgan fingerprint density at radius 2 is 2.11 bits per heavy atom. The smallest absolute Gasteiger partial charge is 0.245 e. The molecule has 54 valence electrons. The molecule has 0 amide bonds. The van der Waals surface area contributed by atoms with E-state index in [-0.39, 0.29) is 12.3 Å². The SMILES string of the molecule is CC(F)(F)CC1CNC1. The highest BCUT2D eigenvalue weighted by Crippen LogP contribution is 2.24. The first-order valence-electron chi connectivity index (χ1n) is 3.16. The molecule has 0 saturated carbocycles. The van der Waals surface area contributed by atoms with Crippen LogP contribution >= 0.6 is 0 Å². The summed E-state index contributed by atoms with van der Waals surface area (Å²) in [6.07, 6.45) is 0.0417. The first-order valence-corrected chi connectivity index (χ1v) is 3.16. The van der Waals surface area contributed by atoms with Crippen LogP contribution in [0.5, 0.6) is 0 Å². The van der Waals surface area contributed by atoms with Crippen molar-refractivity contribution in [2.24, 2.45) is 5.92 Å². The summed E-state index contributed by atoms with van der Waals surface area (Å²) in [4.78, 5) is 0. The maximum absolute atomic E-state index is 12.2.